The number of carbonyl (C=O) groups is 1. The van der Waals surface area contributed by atoms with E-state index in [-0.39, 0.29) is 6.10 Å². The number of aliphatic hydroxyl groups is 2. The Bertz CT molecular complexity index is 920. The number of aliphatic hydroxyl groups excluding tert-OH is 2. The number of halogens is 1. The highest BCUT2D eigenvalue weighted by molar-refractivity contribution is 5.80. The number of aromatic amines is 1. The molecule has 1 aromatic rings. The molecule has 2 saturated carbocycles. The molecule has 3 N–H and O–H groups in total. The van der Waals surface area contributed by atoms with Crippen LogP contribution in [0.2, 0.25) is 0 Å². The quantitative estimate of drug-likeness (QED) is 0.534. The average Bonchev–Trinajstić information content (AvgIpc) is 3.46. The van der Waals surface area contributed by atoms with Crippen molar-refractivity contribution in [2.24, 2.45) is 0 Å². The number of nitrogens with one attached hydrogen (secondary N) is 1. The van der Waals surface area contributed by atoms with Crippen LogP contribution in [0.5, 0.6) is 0 Å². The third-order valence-electron chi connectivity index (χ3n) is 6.38. The molecule has 1 unspecified atom stereocenters. The van der Waals surface area contributed by atoms with Gasteiger partial charge in [0.15, 0.2) is 18.4 Å². The minimum atomic E-state index is -2.94. The molecule has 0 radical (unpaired) electrons. The number of hydrogen-bond donors (Lipinski definition) is 3. The maximum absolute atomic E-state index is 15.3. The molecule has 1 saturated heterocycles. The summed E-state index contributed by atoms with van der Waals surface area (Å²) in [6, 6.07) is 0.992. The fraction of sp³-hybridized carbons (Fsp3) is 0.750. The van der Waals surface area contributed by atoms with Crippen LogP contribution in [0.25, 0.3) is 0 Å². The summed E-state index contributed by atoms with van der Waals surface area (Å²) in [5, 5.41) is 20.4. The van der Waals surface area contributed by atoms with Crippen LogP contribution in [0, 0.1) is 0 Å². The van der Waals surface area contributed by atoms with Gasteiger partial charge in [0.25, 0.3) is 11.4 Å². The topological polar surface area (TPSA) is 140 Å². The van der Waals surface area contributed by atoms with Gasteiger partial charge >= 0.3 is 11.7 Å². The van der Waals surface area contributed by atoms with E-state index in [9.17, 15) is 24.6 Å². The van der Waals surface area contributed by atoms with Crippen LogP contribution in [-0.4, -0.2) is 62.1 Å². The lowest BCUT2D eigenvalue weighted by Crippen LogP contribution is -2.48. The Kier molecular flexibility index (Phi) is 6.03. The number of aromatic nitrogens is 2. The van der Waals surface area contributed by atoms with E-state index < -0.39 is 53.7 Å². The van der Waals surface area contributed by atoms with Crippen LogP contribution in [0.4, 0.5) is 4.39 Å². The van der Waals surface area contributed by atoms with Crippen molar-refractivity contribution >= 4 is 5.97 Å². The Morgan fingerprint density at radius 2 is 1.90 bits per heavy atom. The lowest BCUT2D eigenvalue weighted by Gasteiger charge is -2.31. The molecule has 4 atom stereocenters. The number of esters is 1. The molecule has 31 heavy (non-hydrogen) atoms. The van der Waals surface area contributed by atoms with E-state index in [2.05, 4.69) is 0 Å². The summed E-state index contributed by atoms with van der Waals surface area (Å²) < 4.78 is 32.5. The number of alkyl halides is 1. The van der Waals surface area contributed by atoms with Gasteiger partial charge in [0.05, 0.1) is 6.10 Å². The molecule has 0 spiro atoms. The zero-order chi connectivity index (χ0) is 22.2. The molecule has 4 rings (SSSR count). The summed E-state index contributed by atoms with van der Waals surface area (Å²) in [7, 11) is 0. The molecule has 3 aliphatic rings. The third kappa shape index (κ3) is 4.19. The monoisotopic (exact) mass is 442 g/mol. The Morgan fingerprint density at radius 3 is 2.55 bits per heavy atom. The first-order valence-electron chi connectivity index (χ1n) is 10.6. The van der Waals surface area contributed by atoms with Crippen molar-refractivity contribution in [2.45, 2.75) is 87.4 Å². The van der Waals surface area contributed by atoms with E-state index in [1.54, 1.807) is 0 Å². The Hall–Kier alpha value is -2.08. The summed E-state index contributed by atoms with van der Waals surface area (Å²) in [6.07, 6.45) is 1.79. The van der Waals surface area contributed by atoms with E-state index in [0.29, 0.717) is 12.8 Å². The van der Waals surface area contributed by atoms with Gasteiger partial charge in [-0.1, -0.05) is 12.8 Å². The third-order valence-corrected chi connectivity index (χ3v) is 6.38. The first kappa shape index (κ1) is 22.1. The second-order valence-corrected chi connectivity index (χ2v) is 8.55. The molecule has 2 heterocycles. The van der Waals surface area contributed by atoms with Crippen molar-refractivity contribution < 1.29 is 33.6 Å². The SMILES string of the molecule is O=C(OCC1(F)O[C@@H](n2ccc(=O)[nH]c2=O)[C@H](O)[C@@H]1O)C1(OC2CCCC2)CCCC1. The number of nitrogens with zero attached hydrogens (tertiary/aromatic N) is 1. The molecule has 2 aliphatic carbocycles. The maximum Gasteiger partial charge on any atom is 0.338 e. The number of rotatable bonds is 6. The van der Waals surface area contributed by atoms with Crippen molar-refractivity contribution in [2.75, 3.05) is 6.61 Å². The Labute approximate surface area is 176 Å². The van der Waals surface area contributed by atoms with Crippen molar-refractivity contribution in [3.63, 3.8) is 0 Å². The standard InChI is InChI=1S/C20H27FN2O8/c21-20(15(26)14(25)16(31-20)23-10-7-13(24)22-18(23)28)11-29-17(27)19(8-3-4-9-19)30-12-5-1-2-6-12/h7,10,12,14-16,25-26H,1-6,8-9,11H2,(H,22,24,28)/t14-,15+,16-,20?/m1/s1. The van der Waals surface area contributed by atoms with Gasteiger partial charge in [-0.05, 0) is 38.5 Å². The number of carbonyl (C=O) groups excluding carboxylic acids is 1. The van der Waals surface area contributed by atoms with Crippen molar-refractivity contribution in [1.29, 1.82) is 0 Å². The van der Waals surface area contributed by atoms with E-state index in [0.717, 1.165) is 55.4 Å². The van der Waals surface area contributed by atoms with Gasteiger partial charge in [0.2, 0.25) is 0 Å². The van der Waals surface area contributed by atoms with Crippen LogP contribution < -0.4 is 11.2 Å². The van der Waals surface area contributed by atoms with Gasteiger partial charge in [-0.25, -0.2) is 14.0 Å². The van der Waals surface area contributed by atoms with E-state index >= 15 is 4.39 Å². The van der Waals surface area contributed by atoms with Crippen molar-refractivity contribution in [3.8, 4) is 0 Å². The second kappa shape index (κ2) is 8.45. The highest BCUT2D eigenvalue weighted by atomic mass is 19.2. The average molecular weight is 442 g/mol. The van der Waals surface area contributed by atoms with E-state index in [4.69, 9.17) is 14.2 Å². The highest BCUT2D eigenvalue weighted by Gasteiger charge is 2.58. The molecule has 0 bridgehead atoms. The normalized spacial score (nSPS) is 33.1. The minimum Gasteiger partial charge on any atom is -0.457 e. The van der Waals surface area contributed by atoms with Gasteiger partial charge in [-0.2, -0.15) is 0 Å². The molecule has 0 amide bonds. The smallest absolute Gasteiger partial charge is 0.338 e. The maximum atomic E-state index is 15.3. The van der Waals surface area contributed by atoms with Crippen LogP contribution in [0.15, 0.2) is 21.9 Å². The first-order chi connectivity index (χ1) is 14.7. The second-order valence-electron chi connectivity index (χ2n) is 8.55. The largest absolute Gasteiger partial charge is 0.457 e. The van der Waals surface area contributed by atoms with Crippen LogP contribution in [0.3, 0.4) is 0 Å². The van der Waals surface area contributed by atoms with Crippen LogP contribution in [0.1, 0.15) is 57.6 Å². The predicted octanol–water partition coefficient (Wildman–Crippen LogP) is 0.268. The Morgan fingerprint density at radius 1 is 1.23 bits per heavy atom. The molecule has 3 fully saturated rings. The Balaban J connectivity index is 1.46. The van der Waals surface area contributed by atoms with Gasteiger partial charge in [0.1, 0.15) is 12.2 Å². The van der Waals surface area contributed by atoms with Crippen LogP contribution in [-0.2, 0) is 19.0 Å². The fourth-order valence-electron chi connectivity index (χ4n) is 4.66. The van der Waals surface area contributed by atoms with Gasteiger partial charge in [0, 0.05) is 12.3 Å². The van der Waals surface area contributed by atoms with Crippen molar-refractivity contribution in [3.05, 3.63) is 33.1 Å². The van der Waals surface area contributed by atoms with Crippen molar-refractivity contribution in [1.82, 2.24) is 9.55 Å². The van der Waals surface area contributed by atoms with Gasteiger partial charge in [-0.15, -0.1) is 0 Å². The molecular weight excluding hydrogens is 415 g/mol. The molecule has 1 aromatic heterocycles. The molecule has 1 aliphatic heterocycles. The van der Waals surface area contributed by atoms with Gasteiger partial charge in [-0.3, -0.25) is 14.3 Å². The van der Waals surface area contributed by atoms with Crippen LogP contribution >= 0.6 is 0 Å². The number of hydrogen-bond acceptors (Lipinski definition) is 8. The summed E-state index contributed by atoms with van der Waals surface area (Å²) in [5.74, 6) is -3.66. The first-order valence-corrected chi connectivity index (χ1v) is 10.6. The summed E-state index contributed by atoms with van der Waals surface area (Å²) in [4.78, 5) is 38.0. The molecule has 11 heteroatoms. The fourth-order valence-corrected chi connectivity index (χ4v) is 4.66. The number of ether oxygens (including phenoxy) is 3. The molecule has 10 nitrogen and oxygen atoms in total. The van der Waals surface area contributed by atoms with Gasteiger partial charge < -0.3 is 24.4 Å². The molecular formula is C20H27FN2O8. The van der Waals surface area contributed by atoms with E-state index in [1.807, 2.05) is 4.98 Å². The summed E-state index contributed by atoms with van der Waals surface area (Å²) >= 11 is 0. The zero-order valence-electron chi connectivity index (χ0n) is 17.0. The zero-order valence-corrected chi connectivity index (χ0v) is 17.0. The van der Waals surface area contributed by atoms with E-state index in [1.165, 1.54) is 0 Å². The predicted molar refractivity (Wildman–Crippen MR) is 103 cm³/mol. The lowest BCUT2D eigenvalue weighted by atomic mass is 10.0. The molecule has 172 valence electrons. The lowest BCUT2D eigenvalue weighted by molar-refractivity contribution is -0.226. The highest BCUT2D eigenvalue weighted by Crippen LogP contribution is 2.41. The summed E-state index contributed by atoms with van der Waals surface area (Å²) in [6.45, 7) is -0.978. The summed E-state index contributed by atoms with van der Waals surface area (Å²) in [5.41, 5.74) is -2.76. The molecule has 0 aromatic carbocycles. The number of H-pyrrole nitrogens is 1. The minimum absolute atomic E-state index is 0.0309.